The number of hydrogen-bond acceptors (Lipinski definition) is 8. The van der Waals surface area contributed by atoms with Gasteiger partial charge in [0.1, 0.15) is 0 Å². The van der Waals surface area contributed by atoms with Crippen molar-refractivity contribution < 1.29 is 39.4 Å². The molecule has 14 heavy (non-hydrogen) atoms. The summed E-state index contributed by atoms with van der Waals surface area (Å²) in [4.78, 5) is 0. The zero-order valence-electron chi connectivity index (χ0n) is 6.89. The largest absolute Gasteiger partial charge is 0.364 e. The molecule has 0 aromatic rings. The Kier molecular flexibility index (Phi) is 2.68. The highest BCUT2D eigenvalue weighted by Crippen LogP contribution is 2.26. The lowest BCUT2D eigenvalue weighted by Crippen LogP contribution is -2.58. The Labute approximate surface area is 78.2 Å². The third kappa shape index (κ3) is 1.74. The van der Waals surface area contributed by atoms with E-state index in [1.54, 1.807) is 0 Å². The molecule has 0 aliphatic carbocycles. The first-order valence-corrected chi connectivity index (χ1v) is 3.92. The number of aliphatic hydroxyl groups excluding tert-OH is 4. The minimum atomic E-state index is -1.58. The molecular weight excluding hydrogens is 200 g/mol. The van der Waals surface area contributed by atoms with Crippen LogP contribution in [0.1, 0.15) is 0 Å². The number of rotatable bonds is 0. The Morgan fingerprint density at radius 1 is 0.500 bits per heavy atom. The first-order valence-electron chi connectivity index (χ1n) is 3.92. The van der Waals surface area contributed by atoms with E-state index >= 15 is 0 Å². The second kappa shape index (κ2) is 3.68. The van der Waals surface area contributed by atoms with Crippen molar-refractivity contribution in [2.24, 2.45) is 0 Å². The summed E-state index contributed by atoms with van der Waals surface area (Å²) in [5.41, 5.74) is 0. The fourth-order valence-corrected chi connectivity index (χ4v) is 1.14. The maximum atomic E-state index is 8.99. The number of fused-ring (bicyclic) bond motifs is 1. The molecule has 0 radical (unpaired) electrons. The van der Waals surface area contributed by atoms with E-state index < -0.39 is 37.7 Å². The topological polar surface area (TPSA) is 118 Å². The molecule has 2 heterocycles. The number of hydrogen-bond donors (Lipinski definition) is 4. The molecule has 82 valence electrons. The van der Waals surface area contributed by atoms with Crippen LogP contribution in [0.15, 0.2) is 0 Å². The molecule has 2 unspecified atom stereocenters. The van der Waals surface area contributed by atoms with E-state index in [-0.39, 0.29) is 0 Å². The zero-order chi connectivity index (χ0) is 10.3. The van der Waals surface area contributed by atoms with Gasteiger partial charge in [-0.1, -0.05) is 0 Å². The smallest absolute Gasteiger partial charge is 0.215 e. The lowest BCUT2D eigenvalue weighted by molar-refractivity contribution is -0.494. The van der Waals surface area contributed by atoms with Gasteiger partial charge in [0.2, 0.25) is 37.7 Å². The first kappa shape index (κ1) is 10.2. The van der Waals surface area contributed by atoms with Crippen molar-refractivity contribution in [3.63, 3.8) is 0 Å². The molecule has 0 aromatic carbocycles. The molecule has 2 aliphatic rings. The summed E-state index contributed by atoms with van der Waals surface area (Å²) in [6.45, 7) is 0. The molecule has 2 rings (SSSR count). The quantitative estimate of drug-likeness (QED) is 0.334. The van der Waals surface area contributed by atoms with Crippen LogP contribution in [-0.4, -0.2) is 58.2 Å². The molecule has 0 spiro atoms. The molecule has 8 nitrogen and oxygen atoms in total. The molecule has 2 fully saturated rings. The van der Waals surface area contributed by atoms with Crippen LogP contribution < -0.4 is 0 Å². The van der Waals surface area contributed by atoms with Crippen molar-refractivity contribution >= 4 is 0 Å². The fraction of sp³-hybridized carbons (Fsp3) is 1.00. The highest BCUT2D eigenvalue weighted by atomic mass is 16.9. The minimum Gasteiger partial charge on any atom is -0.364 e. The molecule has 2 aliphatic heterocycles. The van der Waals surface area contributed by atoms with Crippen molar-refractivity contribution in [2.45, 2.75) is 37.7 Å². The first-order chi connectivity index (χ1) is 6.58. The Balaban J connectivity index is 2.01. The second-order valence-corrected chi connectivity index (χ2v) is 2.84. The van der Waals surface area contributed by atoms with Gasteiger partial charge in [-0.15, -0.1) is 0 Å². The summed E-state index contributed by atoms with van der Waals surface area (Å²) in [6, 6.07) is 0. The van der Waals surface area contributed by atoms with Gasteiger partial charge in [-0.25, -0.2) is 0 Å². The Morgan fingerprint density at radius 3 is 0.929 bits per heavy atom. The van der Waals surface area contributed by atoms with Gasteiger partial charge in [0, 0.05) is 0 Å². The standard InChI is InChI=1S/C6H10O8/c7-1-2(8)12-6-5(11-1)13-3(9)4(10)14-6/h1-10H/t1-,2-,3+,4+,5?,6?. The summed E-state index contributed by atoms with van der Waals surface area (Å²) in [7, 11) is 0. The number of ether oxygens (including phenoxy) is 4. The van der Waals surface area contributed by atoms with Crippen LogP contribution in [0, 0.1) is 0 Å². The molecule has 0 aromatic heterocycles. The van der Waals surface area contributed by atoms with Gasteiger partial charge >= 0.3 is 0 Å². The second-order valence-electron chi connectivity index (χ2n) is 2.84. The highest BCUT2D eigenvalue weighted by molar-refractivity contribution is 4.68. The van der Waals surface area contributed by atoms with Crippen molar-refractivity contribution in [3.8, 4) is 0 Å². The third-order valence-electron chi connectivity index (χ3n) is 1.80. The normalized spacial score (nSPS) is 54.0. The molecule has 0 amide bonds. The predicted molar refractivity (Wildman–Crippen MR) is 35.9 cm³/mol. The van der Waals surface area contributed by atoms with Crippen LogP contribution in [0.25, 0.3) is 0 Å². The monoisotopic (exact) mass is 210 g/mol. The van der Waals surface area contributed by atoms with Crippen molar-refractivity contribution in [1.29, 1.82) is 0 Å². The van der Waals surface area contributed by atoms with Gasteiger partial charge in [0.25, 0.3) is 0 Å². The van der Waals surface area contributed by atoms with Crippen LogP contribution in [0.2, 0.25) is 0 Å². The maximum absolute atomic E-state index is 8.99. The molecule has 8 heteroatoms. The van der Waals surface area contributed by atoms with E-state index in [1.165, 1.54) is 0 Å². The SMILES string of the molecule is O[C@@H]1OC2O[C@H](O)[C@@H](O)OC2O[C@H]1O. The van der Waals surface area contributed by atoms with E-state index in [0.29, 0.717) is 0 Å². The van der Waals surface area contributed by atoms with Gasteiger partial charge in [-0.05, 0) is 0 Å². The Hall–Kier alpha value is -0.320. The lowest BCUT2D eigenvalue weighted by Gasteiger charge is -2.42. The number of aliphatic hydroxyl groups is 4. The van der Waals surface area contributed by atoms with E-state index in [1.807, 2.05) is 0 Å². The minimum absolute atomic E-state index is 1.19. The highest BCUT2D eigenvalue weighted by Gasteiger charge is 2.45. The molecule has 2 saturated heterocycles. The van der Waals surface area contributed by atoms with Crippen molar-refractivity contribution in [2.75, 3.05) is 0 Å². The summed E-state index contributed by atoms with van der Waals surface area (Å²) < 4.78 is 18.7. The van der Waals surface area contributed by atoms with Gasteiger partial charge < -0.3 is 39.4 Å². The van der Waals surface area contributed by atoms with Gasteiger partial charge in [-0.2, -0.15) is 0 Å². The third-order valence-corrected chi connectivity index (χ3v) is 1.80. The van der Waals surface area contributed by atoms with Gasteiger partial charge in [0.05, 0.1) is 0 Å². The van der Waals surface area contributed by atoms with E-state index in [2.05, 4.69) is 18.9 Å². The van der Waals surface area contributed by atoms with E-state index in [9.17, 15) is 0 Å². The average Bonchev–Trinajstić information content (AvgIpc) is 2.11. The Morgan fingerprint density at radius 2 is 0.714 bits per heavy atom. The van der Waals surface area contributed by atoms with Crippen LogP contribution in [-0.2, 0) is 18.9 Å². The van der Waals surface area contributed by atoms with Crippen molar-refractivity contribution in [1.82, 2.24) is 0 Å². The maximum Gasteiger partial charge on any atom is 0.215 e. The molecule has 6 atom stereocenters. The average molecular weight is 210 g/mol. The fourth-order valence-electron chi connectivity index (χ4n) is 1.14. The zero-order valence-corrected chi connectivity index (χ0v) is 6.89. The summed E-state index contributed by atoms with van der Waals surface area (Å²) >= 11 is 0. The van der Waals surface area contributed by atoms with Crippen LogP contribution in [0.4, 0.5) is 0 Å². The van der Waals surface area contributed by atoms with Crippen LogP contribution in [0.5, 0.6) is 0 Å². The summed E-state index contributed by atoms with van der Waals surface area (Å²) in [5, 5.41) is 36.0. The summed E-state index contributed by atoms with van der Waals surface area (Å²) in [6.07, 6.45) is -8.70. The Bertz CT molecular complexity index is 168. The van der Waals surface area contributed by atoms with Gasteiger partial charge in [-0.3, -0.25) is 0 Å². The van der Waals surface area contributed by atoms with Crippen LogP contribution in [0.3, 0.4) is 0 Å². The molecular formula is C6H10O8. The van der Waals surface area contributed by atoms with Crippen molar-refractivity contribution in [3.05, 3.63) is 0 Å². The van der Waals surface area contributed by atoms with E-state index in [0.717, 1.165) is 0 Å². The molecule has 0 saturated carbocycles. The van der Waals surface area contributed by atoms with Crippen LogP contribution >= 0.6 is 0 Å². The summed E-state index contributed by atoms with van der Waals surface area (Å²) in [5.74, 6) is 0. The van der Waals surface area contributed by atoms with Gasteiger partial charge in [0.15, 0.2) is 0 Å². The van der Waals surface area contributed by atoms with E-state index in [4.69, 9.17) is 20.4 Å². The molecule has 0 bridgehead atoms. The lowest BCUT2D eigenvalue weighted by atomic mass is 10.4. The molecule has 4 N–H and O–H groups in total. The predicted octanol–water partition coefficient (Wildman–Crippen LogP) is -2.99.